The molecule has 0 spiro atoms. The number of rotatable bonds is 3. The minimum absolute atomic E-state index is 0.00902. The van der Waals surface area contributed by atoms with Crippen LogP contribution in [0.5, 0.6) is 0 Å². The standard InChI is InChI=1S/C14H17Cl2NO2/c1-9-7-17(5-4-13(9)18)8-14(19)11-3-2-10(15)6-12(11)16/h2-3,6,9,13,18H,4-5,7-8H2,1H3. The number of nitrogens with zero attached hydrogens (tertiary/aromatic N) is 1. The van der Waals surface area contributed by atoms with Crippen LogP contribution in [0.15, 0.2) is 18.2 Å². The highest BCUT2D eigenvalue weighted by Crippen LogP contribution is 2.22. The van der Waals surface area contributed by atoms with Crippen LogP contribution in [-0.2, 0) is 0 Å². The number of hydrogen-bond acceptors (Lipinski definition) is 3. The molecule has 1 aromatic rings. The van der Waals surface area contributed by atoms with E-state index in [9.17, 15) is 9.90 Å². The largest absolute Gasteiger partial charge is 0.393 e. The smallest absolute Gasteiger partial charge is 0.178 e. The maximum absolute atomic E-state index is 12.2. The lowest BCUT2D eigenvalue weighted by Crippen LogP contribution is -2.44. The second-order valence-corrected chi connectivity index (χ2v) is 5.96. The summed E-state index contributed by atoms with van der Waals surface area (Å²) in [6, 6.07) is 4.91. The predicted octanol–water partition coefficient (Wildman–Crippen LogP) is 2.88. The van der Waals surface area contributed by atoms with E-state index in [2.05, 4.69) is 4.90 Å². The van der Waals surface area contributed by atoms with E-state index < -0.39 is 0 Å². The first-order valence-corrected chi connectivity index (χ1v) is 7.11. The number of aliphatic hydroxyl groups is 1. The highest BCUT2D eigenvalue weighted by molar-refractivity contribution is 6.36. The maximum Gasteiger partial charge on any atom is 0.178 e. The molecule has 0 amide bonds. The number of halogens is 2. The summed E-state index contributed by atoms with van der Waals surface area (Å²) in [4.78, 5) is 14.3. The van der Waals surface area contributed by atoms with E-state index in [1.165, 1.54) is 0 Å². The van der Waals surface area contributed by atoms with Gasteiger partial charge in [0.2, 0.25) is 0 Å². The molecule has 1 aromatic carbocycles. The first kappa shape index (κ1) is 14.8. The van der Waals surface area contributed by atoms with Crippen molar-refractivity contribution in [3.8, 4) is 0 Å². The maximum atomic E-state index is 12.2. The number of ketones is 1. The van der Waals surface area contributed by atoms with E-state index in [1.807, 2.05) is 6.92 Å². The first-order chi connectivity index (χ1) is 8.97. The summed E-state index contributed by atoms with van der Waals surface area (Å²) in [6.45, 7) is 3.80. The summed E-state index contributed by atoms with van der Waals surface area (Å²) in [5.41, 5.74) is 0.504. The van der Waals surface area contributed by atoms with Gasteiger partial charge in [0, 0.05) is 23.7 Å². The van der Waals surface area contributed by atoms with Crippen molar-refractivity contribution in [2.45, 2.75) is 19.4 Å². The fraction of sp³-hybridized carbons (Fsp3) is 0.500. The molecule has 0 radical (unpaired) electrons. The van der Waals surface area contributed by atoms with Gasteiger partial charge in [0.1, 0.15) is 0 Å². The molecule has 1 saturated heterocycles. The fourth-order valence-electron chi connectivity index (χ4n) is 2.37. The lowest BCUT2D eigenvalue weighted by atomic mass is 9.96. The van der Waals surface area contributed by atoms with Gasteiger partial charge >= 0.3 is 0 Å². The number of Topliss-reactive ketones (excluding diaryl/α,β-unsaturated/α-hetero) is 1. The van der Waals surface area contributed by atoms with Crippen LogP contribution in [0.1, 0.15) is 23.7 Å². The van der Waals surface area contributed by atoms with Crippen LogP contribution in [-0.4, -0.2) is 41.5 Å². The topological polar surface area (TPSA) is 40.5 Å². The summed E-state index contributed by atoms with van der Waals surface area (Å²) >= 11 is 11.8. The monoisotopic (exact) mass is 301 g/mol. The van der Waals surface area contributed by atoms with Crippen molar-refractivity contribution in [3.63, 3.8) is 0 Å². The third kappa shape index (κ3) is 3.69. The molecule has 3 nitrogen and oxygen atoms in total. The minimum atomic E-state index is -0.259. The number of hydrogen-bond donors (Lipinski definition) is 1. The van der Waals surface area contributed by atoms with Crippen LogP contribution in [0, 0.1) is 5.92 Å². The van der Waals surface area contributed by atoms with Crippen molar-refractivity contribution in [1.82, 2.24) is 4.90 Å². The number of likely N-dealkylation sites (tertiary alicyclic amines) is 1. The minimum Gasteiger partial charge on any atom is -0.393 e. The van der Waals surface area contributed by atoms with E-state index in [0.29, 0.717) is 28.6 Å². The van der Waals surface area contributed by atoms with E-state index in [1.54, 1.807) is 18.2 Å². The Hall–Kier alpha value is -0.610. The van der Waals surface area contributed by atoms with E-state index >= 15 is 0 Å². The molecule has 1 fully saturated rings. The second kappa shape index (κ2) is 6.23. The number of benzene rings is 1. The Bertz CT molecular complexity index is 479. The van der Waals surface area contributed by atoms with E-state index in [0.717, 1.165) is 13.1 Å². The Balaban J connectivity index is 2.01. The molecule has 104 valence electrons. The lowest BCUT2D eigenvalue weighted by molar-refractivity contribution is 0.0344. The van der Waals surface area contributed by atoms with Crippen molar-refractivity contribution >= 4 is 29.0 Å². The van der Waals surface area contributed by atoms with Crippen molar-refractivity contribution in [2.24, 2.45) is 5.92 Å². The van der Waals surface area contributed by atoms with Gasteiger partial charge in [0.25, 0.3) is 0 Å². The quantitative estimate of drug-likeness (QED) is 0.873. The SMILES string of the molecule is CC1CN(CC(=O)c2ccc(Cl)cc2Cl)CCC1O. The molecule has 0 aromatic heterocycles. The normalized spacial score (nSPS) is 24.4. The number of aliphatic hydroxyl groups excluding tert-OH is 1. The summed E-state index contributed by atoms with van der Waals surface area (Å²) in [7, 11) is 0. The summed E-state index contributed by atoms with van der Waals surface area (Å²) < 4.78 is 0. The zero-order valence-electron chi connectivity index (χ0n) is 10.8. The van der Waals surface area contributed by atoms with Crippen molar-refractivity contribution < 1.29 is 9.90 Å². The highest BCUT2D eigenvalue weighted by Gasteiger charge is 2.25. The van der Waals surface area contributed by atoms with Gasteiger partial charge in [-0.1, -0.05) is 30.1 Å². The number of carbonyl (C=O) groups is 1. The number of carbonyl (C=O) groups excluding carboxylic acids is 1. The van der Waals surface area contributed by atoms with Crippen LogP contribution < -0.4 is 0 Å². The molecule has 5 heteroatoms. The van der Waals surface area contributed by atoms with Gasteiger partial charge < -0.3 is 5.11 Å². The predicted molar refractivity (Wildman–Crippen MR) is 77.0 cm³/mol. The molecule has 1 N–H and O–H groups in total. The van der Waals surface area contributed by atoms with Gasteiger partial charge in [0.05, 0.1) is 17.7 Å². The molecule has 0 aliphatic carbocycles. The Morgan fingerprint density at radius 2 is 2.21 bits per heavy atom. The van der Waals surface area contributed by atoms with Gasteiger partial charge in [-0.2, -0.15) is 0 Å². The average Bonchev–Trinajstić information content (AvgIpc) is 2.33. The molecule has 2 rings (SSSR count). The van der Waals surface area contributed by atoms with Crippen molar-refractivity contribution in [2.75, 3.05) is 19.6 Å². The summed E-state index contributed by atoms with van der Waals surface area (Å²) in [6.07, 6.45) is 0.452. The van der Waals surface area contributed by atoms with Gasteiger partial charge in [-0.05, 0) is 30.5 Å². The molecule has 1 aliphatic rings. The molecular formula is C14H17Cl2NO2. The second-order valence-electron chi connectivity index (χ2n) is 5.12. The average molecular weight is 302 g/mol. The van der Waals surface area contributed by atoms with Crippen molar-refractivity contribution in [1.29, 1.82) is 0 Å². The Kier molecular flexibility index (Phi) is 4.85. The third-order valence-electron chi connectivity index (χ3n) is 3.54. The van der Waals surface area contributed by atoms with Crippen LogP contribution in [0.3, 0.4) is 0 Å². The van der Waals surface area contributed by atoms with Crippen LogP contribution in [0.2, 0.25) is 10.0 Å². The molecule has 19 heavy (non-hydrogen) atoms. The van der Waals surface area contributed by atoms with Crippen molar-refractivity contribution in [3.05, 3.63) is 33.8 Å². The Morgan fingerprint density at radius 3 is 2.84 bits per heavy atom. The molecular weight excluding hydrogens is 285 g/mol. The molecule has 1 heterocycles. The summed E-state index contributed by atoms with van der Waals surface area (Å²) in [5, 5.41) is 10.6. The highest BCUT2D eigenvalue weighted by atomic mass is 35.5. The van der Waals surface area contributed by atoms with Gasteiger partial charge in [0.15, 0.2) is 5.78 Å². The fourth-order valence-corrected chi connectivity index (χ4v) is 2.88. The first-order valence-electron chi connectivity index (χ1n) is 6.36. The van der Waals surface area contributed by atoms with Crippen LogP contribution >= 0.6 is 23.2 Å². The zero-order valence-corrected chi connectivity index (χ0v) is 12.3. The van der Waals surface area contributed by atoms with Crippen LogP contribution in [0.4, 0.5) is 0 Å². The molecule has 0 bridgehead atoms. The molecule has 2 atom stereocenters. The van der Waals surface area contributed by atoms with Gasteiger partial charge in [-0.25, -0.2) is 0 Å². The number of piperidine rings is 1. The van der Waals surface area contributed by atoms with E-state index in [4.69, 9.17) is 23.2 Å². The third-order valence-corrected chi connectivity index (χ3v) is 4.09. The molecule has 0 saturated carbocycles. The van der Waals surface area contributed by atoms with Gasteiger partial charge in [-0.3, -0.25) is 9.69 Å². The molecule has 2 unspecified atom stereocenters. The van der Waals surface area contributed by atoms with Crippen LogP contribution in [0.25, 0.3) is 0 Å². The summed E-state index contributed by atoms with van der Waals surface area (Å²) in [5.74, 6) is 0.187. The molecule has 1 aliphatic heterocycles. The zero-order chi connectivity index (χ0) is 14.0. The van der Waals surface area contributed by atoms with Gasteiger partial charge in [-0.15, -0.1) is 0 Å². The Morgan fingerprint density at radius 1 is 1.47 bits per heavy atom. The lowest BCUT2D eigenvalue weighted by Gasteiger charge is -2.33. The van der Waals surface area contributed by atoms with E-state index in [-0.39, 0.29) is 17.8 Å². The Labute approximate surface area is 123 Å².